The molecule has 0 saturated carbocycles. The largest absolute Gasteiger partial charge is 0.328 e. The number of rotatable bonds is 3. The van der Waals surface area contributed by atoms with Crippen molar-refractivity contribution >= 4 is 10.9 Å². The second kappa shape index (κ2) is 6.03. The van der Waals surface area contributed by atoms with Crippen molar-refractivity contribution in [3.05, 3.63) is 41.6 Å². The highest BCUT2D eigenvalue weighted by molar-refractivity contribution is 5.82. The van der Waals surface area contributed by atoms with E-state index in [4.69, 9.17) is 5.73 Å². The highest BCUT2D eigenvalue weighted by Crippen LogP contribution is 2.22. The number of nitrogens with zero attached hydrogens (tertiary/aromatic N) is 2. The summed E-state index contributed by atoms with van der Waals surface area (Å²) < 4.78 is 27.5. The maximum atomic E-state index is 14.0. The molecule has 0 amide bonds. The monoisotopic (exact) mass is 291 g/mol. The van der Waals surface area contributed by atoms with E-state index in [1.807, 2.05) is 0 Å². The van der Waals surface area contributed by atoms with Crippen LogP contribution in [0, 0.1) is 11.6 Å². The summed E-state index contributed by atoms with van der Waals surface area (Å²) in [5, 5.41) is 0.573. The molecule has 1 aromatic carbocycles. The van der Waals surface area contributed by atoms with E-state index in [0.717, 1.165) is 32.5 Å². The highest BCUT2D eigenvalue weighted by atomic mass is 19.1. The van der Waals surface area contributed by atoms with Crippen molar-refractivity contribution in [2.24, 2.45) is 5.73 Å². The topological polar surface area (TPSA) is 42.1 Å². The van der Waals surface area contributed by atoms with Crippen molar-refractivity contribution in [3.63, 3.8) is 0 Å². The van der Waals surface area contributed by atoms with E-state index in [9.17, 15) is 8.78 Å². The summed E-state index contributed by atoms with van der Waals surface area (Å²) in [6, 6.07) is 4.59. The van der Waals surface area contributed by atoms with Gasteiger partial charge in [0.25, 0.3) is 0 Å². The Labute approximate surface area is 122 Å². The number of benzene rings is 1. The first-order chi connectivity index (χ1) is 10.1. The summed E-state index contributed by atoms with van der Waals surface area (Å²) >= 11 is 0. The predicted molar refractivity (Wildman–Crippen MR) is 79.0 cm³/mol. The van der Waals surface area contributed by atoms with E-state index in [1.54, 1.807) is 6.07 Å². The van der Waals surface area contributed by atoms with E-state index < -0.39 is 0 Å². The van der Waals surface area contributed by atoms with E-state index in [1.165, 1.54) is 18.3 Å². The van der Waals surface area contributed by atoms with Crippen LogP contribution in [-0.4, -0.2) is 35.6 Å². The molecule has 0 atom stereocenters. The molecule has 5 heteroatoms. The zero-order valence-corrected chi connectivity index (χ0v) is 11.9. The standard InChI is InChI=1S/C16H19F2N3/c17-11-1-2-16-14(9-11)13(15(18)10-20-16)5-8-21-6-3-12(19)4-7-21/h1-2,9-10,12H,3-8,19H2. The molecule has 2 heterocycles. The highest BCUT2D eigenvalue weighted by Gasteiger charge is 2.17. The number of likely N-dealkylation sites (tertiary alicyclic amines) is 1. The van der Waals surface area contributed by atoms with Gasteiger partial charge in [0.15, 0.2) is 0 Å². The van der Waals surface area contributed by atoms with E-state index in [0.29, 0.717) is 22.9 Å². The summed E-state index contributed by atoms with van der Waals surface area (Å²) in [6.07, 6.45) is 3.74. The molecule has 1 aliphatic heterocycles. The van der Waals surface area contributed by atoms with Crippen LogP contribution in [0.1, 0.15) is 18.4 Å². The molecular formula is C16H19F2N3. The van der Waals surface area contributed by atoms with Crippen LogP contribution in [0.4, 0.5) is 8.78 Å². The Balaban J connectivity index is 1.79. The lowest BCUT2D eigenvalue weighted by Gasteiger charge is -2.30. The number of hydrogen-bond donors (Lipinski definition) is 1. The third-order valence-corrected chi connectivity index (χ3v) is 4.20. The Morgan fingerprint density at radius 3 is 2.76 bits per heavy atom. The maximum Gasteiger partial charge on any atom is 0.145 e. The third-order valence-electron chi connectivity index (χ3n) is 4.20. The molecule has 3 rings (SSSR count). The minimum Gasteiger partial charge on any atom is -0.328 e. The second-order valence-corrected chi connectivity index (χ2v) is 5.68. The Kier molecular flexibility index (Phi) is 4.12. The fourth-order valence-electron chi connectivity index (χ4n) is 2.90. The molecule has 0 aliphatic carbocycles. The summed E-state index contributed by atoms with van der Waals surface area (Å²) in [5.41, 5.74) is 7.07. The lowest BCUT2D eigenvalue weighted by molar-refractivity contribution is 0.215. The molecule has 0 bridgehead atoms. The van der Waals surface area contributed by atoms with Gasteiger partial charge in [0, 0.05) is 23.5 Å². The number of nitrogens with two attached hydrogens (primary N) is 1. The minimum absolute atomic E-state index is 0.286. The van der Waals surface area contributed by atoms with Crippen LogP contribution < -0.4 is 5.73 Å². The van der Waals surface area contributed by atoms with Crippen molar-refractivity contribution in [3.8, 4) is 0 Å². The lowest BCUT2D eigenvalue weighted by Crippen LogP contribution is -2.40. The third kappa shape index (κ3) is 3.19. The van der Waals surface area contributed by atoms with Gasteiger partial charge in [0.2, 0.25) is 0 Å². The maximum absolute atomic E-state index is 14.0. The van der Waals surface area contributed by atoms with Gasteiger partial charge in [-0.3, -0.25) is 4.98 Å². The first kappa shape index (κ1) is 14.4. The summed E-state index contributed by atoms with van der Waals surface area (Å²) in [7, 11) is 0. The van der Waals surface area contributed by atoms with Crippen LogP contribution in [0.5, 0.6) is 0 Å². The van der Waals surface area contributed by atoms with Gasteiger partial charge >= 0.3 is 0 Å². The molecule has 2 aromatic rings. The van der Waals surface area contributed by atoms with Crippen LogP contribution in [0.25, 0.3) is 10.9 Å². The number of hydrogen-bond acceptors (Lipinski definition) is 3. The summed E-state index contributed by atoms with van der Waals surface area (Å²) in [6.45, 7) is 2.65. The molecule has 112 valence electrons. The SMILES string of the molecule is NC1CCN(CCc2c(F)cnc3ccc(F)cc23)CC1. The van der Waals surface area contributed by atoms with Crippen LogP contribution in [0.3, 0.4) is 0 Å². The Morgan fingerprint density at radius 2 is 2.00 bits per heavy atom. The van der Waals surface area contributed by atoms with Gasteiger partial charge in [-0.15, -0.1) is 0 Å². The molecule has 0 unspecified atom stereocenters. The smallest absolute Gasteiger partial charge is 0.145 e. The Hall–Kier alpha value is -1.59. The molecule has 1 fully saturated rings. The fraction of sp³-hybridized carbons (Fsp3) is 0.438. The van der Waals surface area contributed by atoms with Crippen molar-refractivity contribution in [1.82, 2.24) is 9.88 Å². The molecule has 2 N–H and O–H groups in total. The van der Waals surface area contributed by atoms with Gasteiger partial charge in [0.1, 0.15) is 11.6 Å². The first-order valence-corrected chi connectivity index (χ1v) is 7.34. The minimum atomic E-state index is -0.361. The quantitative estimate of drug-likeness (QED) is 0.944. The molecule has 1 saturated heterocycles. The fourth-order valence-corrected chi connectivity index (χ4v) is 2.90. The average Bonchev–Trinajstić information content (AvgIpc) is 2.48. The molecule has 1 aliphatic rings. The predicted octanol–water partition coefficient (Wildman–Crippen LogP) is 2.48. The Morgan fingerprint density at radius 1 is 1.24 bits per heavy atom. The van der Waals surface area contributed by atoms with E-state index in [-0.39, 0.29) is 17.7 Å². The zero-order chi connectivity index (χ0) is 14.8. The van der Waals surface area contributed by atoms with Gasteiger partial charge < -0.3 is 10.6 Å². The van der Waals surface area contributed by atoms with E-state index >= 15 is 0 Å². The van der Waals surface area contributed by atoms with Gasteiger partial charge in [-0.25, -0.2) is 8.78 Å². The molecular weight excluding hydrogens is 272 g/mol. The molecule has 0 radical (unpaired) electrons. The zero-order valence-electron chi connectivity index (χ0n) is 11.9. The van der Waals surface area contributed by atoms with Crippen LogP contribution in [0.15, 0.2) is 24.4 Å². The van der Waals surface area contributed by atoms with Crippen LogP contribution in [0.2, 0.25) is 0 Å². The van der Waals surface area contributed by atoms with Gasteiger partial charge in [-0.2, -0.15) is 0 Å². The van der Waals surface area contributed by atoms with Crippen molar-refractivity contribution < 1.29 is 8.78 Å². The lowest BCUT2D eigenvalue weighted by atomic mass is 10.0. The normalized spacial score (nSPS) is 17.5. The first-order valence-electron chi connectivity index (χ1n) is 7.34. The number of halogens is 2. The van der Waals surface area contributed by atoms with Gasteiger partial charge in [-0.1, -0.05) is 0 Å². The van der Waals surface area contributed by atoms with Gasteiger partial charge in [0.05, 0.1) is 11.7 Å². The average molecular weight is 291 g/mol. The van der Waals surface area contributed by atoms with Crippen LogP contribution >= 0.6 is 0 Å². The van der Waals surface area contributed by atoms with Crippen molar-refractivity contribution in [2.75, 3.05) is 19.6 Å². The molecule has 0 spiro atoms. The number of pyridine rings is 1. The van der Waals surface area contributed by atoms with E-state index in [2.05, 4.69) is 9.88 Å². The van der Waals surface area contributed by atoms with Crippen LogP contribution in [-0.2, 0) is 6.42 Å². The second-order valence-electron chi connectivity index (χ2n) is 5.68. The number of aromatic nitrogens is 1. The Bertz CT molecular complexity index is 631. The molecule has 3 nitrogen and oxygen atoms in total. The summed E-state index contributed by atoms with van der Waals surface area (Å²) in [4.78, 5) is 6.30. The van der Waals surface area contributed by atoms with Gasteiger partial charge in [-0.05, 0) is 50.6 Å². The van der Waals surface area contributed by atoms with Crippen molar-refractivity contribution in [2.45, 2.75) is 25.3 Å². The number of fused-ring (bicyclic) bond motifs is 1. The molecule has 21 heavy (non-hydrogen) atoms. The van der Waals surface area contributed by atoms with Crippen molar-refractivity contribution in [1.29, 1.82) is 0 Å². The summed E-state index contributed by atoms with van der Waals surface area (Å²) in [5.74, 6) is -0.720. The number of piperidine rings is 1. The molecule has 1 aromatic heterocycles.